The molecule has 0 heterocycles. The van der Waals surface area contributed by atoms with Gasteiger partial charge in [-0.15, -0.1) is 0 Å². The van der Waals surface area contributed by atoms with Crippen molar-refractivity contribution in [3.05, 3.63) is 58.1 Å². The van der Waals surface area contributed by atoms with Gasteiger partial charge in [0.2, 0.25) is 0 Å². The summed E-state index contributed by atoms with van der Waals surface area (Å²) in [6.45, 7) is 0.412. The van der Waals surface area contributed by atoms with E-state index < -0.39 is 0 Å². The molecule has 0 saturated carbocycles. The second kappa shape index (κ2) is 6.26. The van der Waals surface area contributed by atoms with Gasteiger partial charge in [-0.1, -0.05) is 28.1 Å². The molecule has 4 heteroatoms. The minimum atomic E-state index is 0.412. The highest BCUT2D eigenvalue weighted by Crippen LogP contribution is 2.25. The van der Waals surface area contributed by atoms with E-state index in [2.05, 4.69) is 22.0 Å². The van der Waals surface area contributed by atoms with Crippen molar-refractivity contribution in [2.24, 2.45) is 0 Å². The molecule has 0 aromatic heterocycles. The van der Waals surface area contributed by atoms with Gasteiger partial charge >= 0.3 is 0 Å². The molecule has 0 N–H and O–H groups in total. The van der Waals surface area contributed by atoms with Crippen LogP contribution in [0.5, 0.6) is 11.5 Å². The summed E-state index contributed by atoms with van der Waals surface area (Å²) in [6.07, 6.45) is 0. The molecule has 96 valence electrons. The number of nitriles is 1. The Morgan fingerprint density at radius 1 is 1.16 bits per heavy atom. The number of methoxy groups -OCH3 is 1. The third kappa shape index (κ3) is 3.49. The molecule has 2 aromatic carbocycles. The number of hydrogen-bond donors (Lipinski definition) is 0. The van der Waals surface area contributed by atoms with Crippen LogP contribution in [-0.4, -0.2) is 7.11 Å². The van der Waals surface area contributed by atoms with E-state index in [-0.39, 0.29) is 0 Å². The number of nitrogens with zero attached hydrogens (tertiary/aromatic N) is 1. The molecule has 19 heavy (non-hydrogen) atoms. The first-order valence-corrected chi connectivity index (χ1v) is 6.47. The van der Waals surface area contributed by atoms with Crippen LogP contribution in [0.4, 0.5) is 0 Å². The molecule has 0 saturated heterocycles. The Labute approximate surface area is 120 Å². The van der Waals surface area contributed by atoms with Crippen LogP contribution in [0.2, 0.25) is 0 Å². The number of rotatable bonds is 4. The molecular formula is C15H12BrNO2. The third-order valence-electron chi connectivity index (χ3n) is 2.62. The molecule has 0 bridgehead atoms. The van der Waals surface area contributed by atoms with Crippen LogP contribution in [0.1, 0.15) is 11.1 Å². The summed E-state index contributed by atoms with van der Waals surface area (Å²) in [5.41, 5.74) is 1.54. The van der Waals surface area contributed by atoms with Gasteiger partial charge in [-0.2, -0.15) is 5.26 Å². The first-order valence-electron chi connectivity index (χ1n) is 5.68. The Kier molecular flexibility index (Phi) is 4.43. The second-order valence-corrected chi connectivity index (χ2v) is 4.80. The van der Waals surface area contributed by atoms with Crippen molar-refractivity contribution < 1.29 is 9.47 Å². The molecule has 0 amide bonds. The second-order valence-electron chi connectivity index (χ2n) is 3.89. The van der Waals surface area contributed by atoms with Crippen molar-refractivity contribution in [3.63, 3.8) is 0 Å². The monoisotopic (exact) mass is 317 g/mol. The van der Waals surface area contributed by atoms with Gasteiger partial charge in [-0.25, -0.2) is 0 Å². The first kappa shape index (κ1) is 13.4. The van der Waals surface area contributed by atoms with E-state index in [1.807, 2.05) is 24.3 Å². The van der Waals surface area contributed by atoms with Gasteiger partial charge in [0.05, 0.1) is 12.7 Å². The zero-order valence-electron chi connectivity index (χ0n) is 10.4. The number of ether oxygens (including phenoxy) is 2. The Balaban J connectivity index is 2.14. The lowest BCUT2D eigenvalue weighted by Gasteiger charge is -2.09. The summed E-state index contributed by atoms with van der Waals surface area (Å²) < 4.78 is 11.8. The highest BCUT2D eigenvalue weighted by molar-refractivity contribution is 9.10. The fraction of sp³-hybridized carbons (Fsp3) is 0.133. The minimum Gasteiger partial charge on any atom is -0.497 e. The molecule has 0 fully saturated rings. The Hall–Kier alpha value is -1.99. The molecule has 0 aliphatic carbocycles. The molecule has 0 atom stereocenters. The summed E-state index contributed by atoms with van der Waals surface area (Å²) in [5.74, 6) is 1.20. The predicted octanol–water partition coefficient (Wildman–Crippen LogP) is 3.91. The van der Waals surface area contributed by atoms with Crippen molar-refractivity contribution >= 4 is 15.9 Å². The van der Waals surface area contributed by atoms with Crippen molar-refractivity contribution in [2.45, 2.75) is 6.61 Å². The van der Waals surface area contributed by atoms with E-state index in [1.54, 1.807) is 25.3 Å². The average Bonchev–Trinajstić information content (AvgIpc) is 2.46. The first-order chi connectivity index (χ1) is 9.22. The van der Waals surface area contributed by atoms with E-state index >= 15 is 0 Å². The van der Waals surface area contributed by atoms with Crippen LogP contribution >= 0.6 is 15.9 Å². The van der Waals surface area contributed by atoms with Crippen molar-refractivity contribution in [1.29, 1.82) is 5.26 Å². The number of halogens is 1. The quantitative estimate of drug-likeness (QED) is 0.858. The predicted molar refractivity (Wildman–Crippen MR) is 76.2 cm³/mol. The van der Waals surface area contributed by atoms with Crippen molar-refractivity contribution in [3.8, 4) is 17.6 Å². The smallest absolute Gasteiger partial charge is 0.141 e. The third-order valence-corrected chi connectivity index (χ3v) is 3.15. The minimum absolute atomic E-state index is 0.412. The fourth-order valence-corrected chi connectivity index (χ4v) is 1.85. The maximum Gasteiger partial charge on any atom is 0.141 e. The molecule has 2 aromatic rings. The van der Waals surface area contributed by atoms with E-state index in [0.29, 0.717) is 23.7 Å². The normalized spacial score (nSPS) is 9.74. The standard InChI is InChI=1S/C15H12BrNO2/c1-18-14-7-4-12(9-17)15(8-14)19-10-11-2-5-13(16)6-3-11/h2-8H,10H2,1H3. The van der Waals surface area contributed by atoms with Gasteiger partial charge in [-0.3, -0.25) is 0 Å². The topological polar surface area (TPSA) is 42.2 Å². The molecule has 0 aliphatic rings. The zero-order valence-corrected chi connectivity index (χ0v) is 12.0. The average molecular weight is 318 g/mol. The zero-order chi connectivity index (χ0) is 13.7. The van der Waals surface area contributed by atoms with E-state index in [9.17, 15) is 0 Å². The highest BCUT2D eigenvalue weighted by atomic mass is 79.9. The van der Waals surface area contributed by atoms with Crippen molar-refractivity contribution in [2.75, 3.05) is 7.11 Å². The molecule has 3 nitrogen and oxygen atoms in total. The van der Waals surface area contributed by atoms with Gasteiger partial charge in [-0.05, 0) is 29.8 Å². The van der Waals surface area contributed by atoms with Crippen LogP contribution in [0.3, 0.4) is 0 Å². The lowest BCUT2D eigenvalue weighted by molar-refractivity contribution is 0.302. The van der Waals surface area contributed by atoms with Gasteiger partial charge < -0.3 is 9.47 Å². The SMILES string of the molecule is COc1ccc(C#N)c(OCc2ccc(Br)cc2)c1. The van der Waals surface area contributed by atoms with Gasteiger partial charge in [0, 0.05) is 10.5 Å². The largest absolute Gasteiger partial charge is 0.497 e. The van der Waals surface area contributed by atoms with Crippen LogP contribution < -0.4 is 9.47 Å². The van der Waals surface area contributed by atoms with E-state index in [4.69, 9.17) is 14.7 Å². The Bertz CT molecular complexity index is 603. The summed E-state index contributed by atoms with van der Waals surface area (Å²) >= 11 is 3.38. The number of benzene rings is 2. The summed E-state index contributed by atoms with van der Waals surface area (Å²) in [7, 11) is 1.58. The van der Waals surface area contributed by atoms with Gasteiger partial charge in [0.25, 0.3) is 0 Å². The lowest BCUT2D eigenvalue weighted by Crippen LogP contribution is -1.97. The van der Waals surface area contributed by atoms with Crippen molar-refractivity contribution in [1.82, 2.24) is 0 Å². The summed E-state index contributed by atoms with van der Waals surface area (Å²) in [4.78, 5) is 0. The molecule has 0 spiro atoms. The van der Waals surface area contributed by atoms with Crippen LogP contribution in [0.15, 0.2) is 46.9 Å². The summed E-state index contributed by atoms with van der Waals surface area (Å²) in [5, 5.41) is 9.04. The maximum absolute atomic E-state index is 9.04. The fourth-order valence-electron chi connectivity index (χ4n) is 1.58. The maximum atomic E-state index is 9.04. The molecule has 0 aliphatic heterocycles. The molecule has 0 unspecified atom stereocenters. The van der Waals surface area contributed by atoms with Gasteiger partial charge in [0.1, 0.15) is 24.2 Å². The summed E-state index contributed by atoms with van der Waals surface area (Å²) in [6, 6.07) is 15.1. The molecule has 0 radical (unpaired) electrons. The Morgan fingerprint density at radius 3 is 2.53 bits per heavy atom. The Morgan fingerprint density at radius 2 is 1.89 bits per heavy atom. The molecule has 2 rings (SSSR count). The molecular weight excluding hydrogens is 306 g/mol. The van der Waals surface area contributed by atoms with Crippen LogP contribution in [0.25, 0.3) is 0 Å². The van der Waals surface area contributed by atoms with E-state index in [1.165, 1.54) is 0 Å². The van der Waals surface area contributed by atoms with E-state index in [0.717, 1.165) is 10.0 Å². The highest BCUT2D eigenvalue weighted by Gasteiger charge is 2.05. The van der Waals surface area contributed by atoms with Gasteiger partial charge in [0.15, 0.2) is 0 Å². The lowest BCUT2D eigenvalue weighted by atomic mass is 10.2. The number of hydrogen-bond acceptors (Lipinski definition) is 3. The van der Waals surface area contributed by atoms with Crippen LogP contribution in [0, 0.1) is 11.3 Å². The van der Waals surface area contributed by atoms with Crippen LogP contribution in [-0.2, 0) is 6.61 Å².